The summed E-state index contributed by atoms with van der Waals surface area (Å²) in [6, 6.07) is 20.4. The zero-order chi connectivity index (χ0) is 53.4. The number of nitrogens with zero attached hydrogens (tertiary/aromatic N) is 6. The Kier molecular flexibility index (Phi) is 17.8. The molecule has 74 heavy (non-hydrogen) atoms. The maximum absolute atomic E-state index is 14.0. The minimum absolute atomic E-state index is 0.0274. The molecule has 21 heteroatoms. The van der Waals surface area contributed by atoms with Gasteiger partial charge in [-0.05, 0) is 93.6 Å². The van der Waals surface area contributed by atoms with E-state index in [9.17, 15) is 32.7 Å². The lowest BCUT2D eigenvalue weighted by atomic mass is 9.85. The van der Waals surface area contributed by atoms with Crippen LogP contribution < -0.4 is 30.9 Å². The normalized spacial score (nSPS) is 16.7. The number of anilines is 5. The van der Waals surface area contributed by atoms with Crippen molar-refractivity contribution in [3.63, 3.8) is 0 Å². The molecule has 2 saturated heterocycles. The molecule has 4 amide bonds. The van der Waals surface area contributed by atoms with E-state index in [2.05, 4.69) is 45.8 Å². The highest BCUT2D eigenvalue weighted by atomic mass is 32.2. The molecule has 7 rings (SSSR count). The lowest BCUT2D eigenvalue weighted by molar-refractivity contribution is -0.144. The molecule has 1 unspecified atom stereocenters. The van der Waals surface area contributed by atoms with Crippen molar-refractivity contribution in [3.8, 4) is 10.4 Å². The van der Waals surface area contributed by atoms with Crippen molar-refractivity contribution >= 4 is 73.8 Å². The SMILES string of the molecule is Cc1cnc(Nc2ccc(N3CCN(C(=O)CCOCCC(=O)NC(C(=O)N4C[C@H](O)C[C@H]4C(=O)NCc4ccc(-c5scnc5C)cc4)C(C)(C)C)CC3)cc2)nc1Nc1cccc(S(=O)(=O)NC(C)(C)C)c1. The van der Waals surface area contributed by atoms with E-state index in [1.165, 1.54) is 4.90 Å². The second-order valence-corrected chi connectivity index (χ2v) is 23.4. The van der Waals surface area contributed by atoms with Crippen molar-refractivity contribution in [2.45, 2.75) is 110 Å². The summed E-state index contributed by atoms with van der Waals surface area (Å²) in [5, 5.41) is 22.9. The number of hydrogen-bond donors (Lipinski definition) is 6. The Hall–Kier alpha value is -6.52. The van der Waals surface area contributed by atoms with Crippen LogP contribution in [0.1, 0.15) is 77.6 Å². The van der Waals surface area contributed by atoms with Gasteiger partial charge in [-0.2, -0.15) is 4.98 Å². The maximum atomic E-state index is 14.0. The molecule has 4 heterocycles. The molecular weight excluding hydrogens is 983 g/mol. The van der Waals surface area contributed by atoms with Crippen LogP contribution in [0.15, 0.2) is 89.4 Å². The minimum atomic E-state index is -3.73. The number of aliphatic hydroxyl groups excluding tert-OH is 1. The van der Waals surface area contributed by atoms with E-state index in [1.807, 2.05) is 93.6 Å². The van der Waals surface area contributed by atoms with E-state index >= 15 is 0 Å². The number of rotatable bonds is 19. The van der Waals surface area contributed by atoms with Crippen molar-refractivity contribution in [1.82, 2.24) is 40.1 Å². The van der Waals surface area contributed by atoms with Crippen molar-refractivity contribution in [2.24, 2.45) is 5.41 Å². The fourth-order valence-corrected chi connectivity index (χ4v) is 10.9. The molecule has 2 aromatic heterocycles. The highest BCUT2D eigenvalue weighted by Crippen LogP contribution is 2.30. The number of ether oxygens (including phenoxy) is 1. The van der Waals surface area contributed by atoms with Gasteiger partial charge in [0, 0.05) is 86.5 Å². The number of aliphatic hydroxyl groups is 1. The number of nitrogens with one attached hydrogen (secondary N) is 5. The Morgan fingerprint density at radius 3 is 2.23 bits per heavy atom. The zero-order valence-electron chi connectivity index (χ0n) is 43.4. The Morgan fingerprint density at radius 1 is 0.865 bits per heavy atom. The molecule has 19 nitrogen and oxygen atoms in total. The first-order valence-corrected chi connectivity index (χ1v) is 27.2. The second-order valence-electron chi connectivity index (χ2n) is 20.8. The summed E-state index contributed by atoms with van der Waals surface area (Å²) < 4.78 is 34.3. The highest BCUT2D eigenvalue weighted by Gasteiger charge is 2.44. The first-order valence-electron chi connectivity index (χ1n) is 24.8. The Labute approximate surface area is 438 Å². The number of aryl methyl sites for hydroxylation is 2. The molecule has 0 aliphatic carbocycles. The number of piperazine rings is 1. The quantitative estimate of drug-likeness (QED) is 0.0518. The highest BCUT2D eigenvalue weighted by molar-refractivity contribution is 7.89. The molecule has 396 valence electrons. The van der Waals surface area contributed by atoms with Gasteiger partial charge in [-0.1, -0.05) is 51.1 Å². The Balaban J connectivity index is 0.814. The number of hydrogen-bond acceptors (Lipinski definition) is 15. The van der Waals surface area contributed by atoms with Crippen molar-refractivity contribution in [3.05, 3.63) is 101 Å². The number of carbonyl (C=O) groups is 4. The van der Waals surface area contributed by atoms with Gasteiger partial charge in [0.15, 0.2) is 0 Å². The number of likely N-dealkylation sites (tertiary alicyclic amines) is 1. The fourth-order valence-electron chi connectivity index (χ4n) is 8.67. The van der Waals surface area contributed by atoms with Gasteiger partial charge in [-0.15, -0.1) is 11.3 Å². The standard InChI is InChI=1S/C53H69N11O8S2/c1-34-30-55-51(60-48(34)57-39-10-9-11-42(28-39)74(70,71)61-53(6,7)8)58-38-16-18-40(19-17-38)62-22-24-63(25-23-62)45(67)21-27-72-26-20-44(66)59-47(52(3,4)5)50(69)64-32-41(65)29-43(64)49(68)54-31-36-12-14-37(15-13-36)46-35(2)56-33-73-46/h9-19,28,30,33,41,43,47,61,65H,20-27,29,31-32H2,1-8H3,(H,54,68)(H,59,66)(H2,55,57,58,60)/t41-,43+,47?/m1/s1. The predicted octanol–water partition coefficient (Wildman–Crippen LogP) is 6.04. The summed E-state index contributed by atoms with van der Waals surface area (Å²) in [6.07, 6.45) is 1.01. The van der Waals surface area contributed by atoms with E-state index in [-0.39, 0.29) is 62.3 Å². The van der Waals surface area contributed by atoms with Gasteiger partial charge in [-0.3, -0.25) is 19.2 Å². The number of β-amino-alcohol motifs (C(OH)–C–C–N with tert-alkyl or cyclic N) is 1. The third kappa shape index (κ3) is 14.8. The summed E-state index contributed by atoms with van der Waals surface area (Å²) in [4.78, 5) is 73.9. The summed E-state index contributed by atoms with van der Waals surface area (Å²) in [5.74, 6) is -0.389. The van der Waals surface area contributed by atoms with Crippen LogP contribution in [0, 0.1) is 19.3 Å². The second kappa shape index (κ2) is 23.8. The summed E-state index contributed by atoms with van der Waals surface area (Å²) >= 11 is 1.57. The van der Waals surface area contributed by atoms with Gasteiger partial charge in [-0.25, -0.2) is 23.1 Å². The molecule has 0 saturated carbocycles. The first-order chi connectivity index (χ1) is 35.0. The zero-order valence-corrected chi connectivity index (χ0v) is 45.0. The van der Waals surface area contributed by atoms with E-state index in [0.717, 1.165) is 38.6 Å². The van der Waals surface area contributed by atoms with Crippen LogP contribution in [0.4, 0.5) is 28.8 Å². The third-order valence-electron chi connectivity index (χ3n) is 12.6. The van der Waals surface area contributed by atoms with Crippen molar-refractivity contribution in [2.75, 3.05) is 61.5 Å². The summed E-state index contributed by atoms with van der Waals surface area (Å²) in [7, 11) is -3.73. The van der Waals surface area contributed by atoms with Crippen LogP contribution in [0.25, 0.3) is 10.4 Å². The number of carbonyl (C=O) groups excluding carboxylic acids is 4. The van der Waals surface area contributed by atoms with Crippen LogP contribution in [0.2, 0.25) is 0 Å². The van der Waals surface area contributed by atoms with Crippen LogP contribution in [0.3, 0.4) is 0 Å². The molecule has 2 aliphatic heterocycles. The lowest BCUT2D eigenvalue weighted by Crippen LogP contribution is -2.57. The van der Waals surface area contributed by atoms with E-state index in [4.69, 9.17) is 4.74 Å². The van der Waals surface area contributed by atoms with Gasteiger partial charge in [0.2, 0.25) is 39.6 Å². The average Bonchev–Trinajstić information content (AvgIpc) is 3.97. The maximum Gasteiger partial charge on any atom is 0.246 e. The van der Waals surface area contributed by atoms with Crippen LogP contribution >= 0.6 is 11.3 Å². The van der Waals surface area contributed by atoms with Crippen LogP contribution in [-0.2, 0) is 40.5 Å². The largest absolute Gasteiger partial charge is 0.391 e. The summed E-state index contributed by atoms with van der Waals surface area (Å²) in [6.45, 7) is 17.4. The topological polar surface area (TPSA) is 240 Å². The Bertz CT molecular complexity index is 2880. The van der Waals surface area contributed by atoms with Crippen molar-refractivity contribution in [1.29, 1.82) is 0 Å². The number of aromatic nitrogens is 3. The number of sulfonamides is 1. The molecule has 5 aromatic rings. The molecule has 0 radical (unpaired) electrons. The molecule has 2 fully saturated rings. The first kappa shape index (κ1) is 55.2. The Morgan fingerprint density at radius 2 is 1.57 bits per heavy atom. The summed E-state index contributed by atoms with van der Waals surface area (Å²) in [5.41, 5.74) is 6.46. The molecule has 0 spiro atoms. The fraction of sp³-hybridized carbons (Fsp3) is 0.453. The average molecular weight is 1050 g/mol. The van der Waals surface area contributed by atoms with Crippen LogP contribution in [0.5, 0.6) is 0 Å². The van der Waals surface area contributed by atoms with Gasteiger partial charge in [0.1, 0.15) is 17.9 Å². The monoisotopic (exact) mass is 1050 g/mol. The van der Waals surface area contributed by atoms with Gasteiger partial charge in [0.05, 0.1) is 46.7 Å². The van der Waals surface area contributed by atoms with E-state index in [0.29, 0.717) is 43.6 Å². The third-order valence-corrected chi connectivity index (χ3v) is 15.3. The van der Waals surface area contributed by atoms with Gasteiger partial charge < -0.3 is 45.8 Å². The van der Waals surface area contributed by atoms with E-state index in [1.54, 1.807) is 62.6 Å². The lowest BCUT2D eigenvalue weighted by Gasteiger charge is -2.36. The number of amides is 4. The van der Waals surface area contributed by atoms with Gasteiger partial charge in [0.25, 0.3) is 0 Å². The molecule has 3 atom stereocenters. The van der Waals surface area contributed by atoms with Gasteiger partial charge >= 0.3 is 0 Å². The number of thiazole rings is 1. The minimum Gasteiger partial charge on any atom is -0.391 e. The van der Waals surface area contributed by atoms with E-state index < -0.39 is 51.0 Å². The number of benzene rings is 3. The molecule has 2 aliphatic rings. The molecule has 3 aromatic carbocycles. The van der Waals surface area contributed by atoms with Crippen LogP contribution in [-0.4, -0.2) is 132 Å². The predicted molar refractivity (Wildman–Crippen MR) is 287 cm³/mol. The molecule has 6 N–H and O–H groups in total. The molecular formula is C53H69N11O8S2. The van der Waals surface area contributed by atoms with Crippen molar-refractivity contribution < 1.29 is 37.4 Å². The molecule has 0 bridgehead atoms. The smallest absolute Gasteiger partial charge is 0.246 e.